The van der Waals surface area contributed by atoms with E-state index in [0.29, 0.717) is 5.75 Å². The number of aliphatic carboxylic acids is 1. The van der Waals surface area contributed by atoms with E-state index < -0.39 is 18.1 Å². The van der Waals surface area contributed by atoms with Gasteiger partial charge in [-0.25, -0.2) is 9.59 Å². The molecule has 1 heterocycles. The van der Waals surface area contributed by atoms with E-state index in [1.807, 2.05) is 30.3 Å². The van der Waals surface area contributed by atoms with Crippen molar-refractivity contribution in [3.05, 3.63) is 47.8 Å². The van der Waals surface area contributed by atoms with E-state index in [1.165, 1.54) is 11.8 Å². The number of carboxylic acids is 1. The molecule has 2 N–H and O–H groups in total. The van der Waals surface area contributed by atoms with Gasteiger partial charge in [0.15, 0.2) is 0 Å². The summed E-state index contributed by atoms with van der Waals surface area (Å²) in [6, 6.07) is 8.13. The van der Waals surface area contributed by atoms with Crippen molar-refractivity contribution >= 4 is 23.8 Å². The second-order valence-corrected chi connectivity index (χ2v) is 6.03. The summed E-state index contributed by atoms with van der Waals surface area (Å²) in [4.78, 5) is 23.0. The van der Waals surface area contributed by atoms with Crippen molar-refractivity contribution in [1.82, 2.24) is 20.3 Å². The number of carbonyl (C=O) groups excluding carboxylic acids is 1. The van der Waals surface area contributed by atoms with E-state index in [9.17, 15) is 14.7 Å². The number of nitrogens with one attached hydrogen (secondary N) is 1. The van der Waals surface area contributed by atoms with Gasteiger partial charge in [-0.2, -0.15) is 11.8 Å². The Morgan fingerprint density at radius 2 is 2.12 bits per heavy atom. The summed E-state index contributed by atoms with van der Waals surface area (Å²) in [6.07, 6.45) is 0.996. The van der Waals surface area contributed by atoms with Crippen LogP contribution >= 0.6 is 11.8 Å². The summed E-state index contributed by atoms with van der Waals surface area (Å²) < 4.78 is 6.60. The van der Waals surface area contributed by atoms with E-state index in [1.54, 1.807) is 17.9 Å². The van der Waals surface area contributed by atoms with Crippen LogP contribution in [-0.4, -0.2) is 44.0 Å². The zero-order chi connectivity index (χ0) is 17.4. The Bertz CT molecular complexity index is 677. The van der Waals surface area contributed by atoms with Crippen LogP contribution in [0.2, 0.25) is 0 Å². The van der Waals surface area contributed by atoms with Crippen molar-refractivity contribution in [3.8, 4) is 0 Å². The highest BCUT2D eigenvalue weighted by molar-refractivity contribution is 7.98. The Hall–Kier alpha value is -2.55. The molecule has 9 heteroatoms. The number of ether oxygens (including phenoxy) is 1. The first-order valence-corrected chi connectivity index (χ1v) is 8.33. The molecule has 1 aromatic heterocycles. The van der Waals surface area contributed by atoms with Gasteiger partial charge in [0.1, 0.15) is 12.6 Å². The molecule has 1 aromatic carbocycles. The molecule has 0 saturated heterocycles. The maximum atomic E-state index is 11.7. The first kappa shape index (κ1) is 17.8. The van der Waals surface area contributed by atoms with Crippen molar-refractivity contribution in [2.75, 3.05) is 5.75 Å². The standard InChI is InChI=1S/C15H18N4O4S/c1-19-7-12(17-18-19)9-24-10-13(14(20)21)16-15(22)23-8-11-5-3-2-4-6-11/h2-7,13H,8-10H2,1H3,(H,16,22)(H,20,21). The molecule has 0 bridgehead atoms. The number of aromatic nitrogens is 3. The molecule has 0 fully saturated rings. The second kappa shape index (κ2) is 8.92. The van der Waals surface area contributed by atoms with Crippen LogP contribution in [0.25, 0.3) is 0 Å². The summed E-state index contributed by atoms with van der Waals surface area (Å²) in [5.41, 5.74) is 1.58. The largest absolute Gasteiger partial charge is 0.480 e. The lowest BCUT2D eigenvalue weighted by molar-refractivity contribution is -0.138. The normalized spacial score (nSPS) is 11.7. The van der Waals surface area contributed by atoms with Gasteiger partial charge in [0.25, 0.3) is 0 Å². The lowest BCUT2D eigenvalue weighted by Gasteiger charge is -2.14. The Kier molecular flexibility index (Phi) is 6.62. The van der Waals surface area contributed by atoms with Crippen molar-refractivity contribution in [2.24, 2.45) is 7.05 Å². The highest BCUT2D eigenvalue weighted by atomic mass is 32.2. The van der Waals surface area contributed by atoms with Crippen LogP contribution in [0.3, 0.4) is 0 Å². The molecular formula is C15H18N4O4S. The molecule has 1 amide bonds. The minimum atomic E-state index is -1.11. The minimum absolute atomic E-state index is 0.0890. The highest BCUT2D eigenvalue weighted by Gasteiger charge is 2.20. The molecule has 2 rings (SSSR count). The summed E-state index contributed by atoms with van der Waals surface area (Å²) in [5, 5.41) is 19.3. The monoisotopic (exact) mass is 350 g/mol. The first-order valence-electron chi connectivity index (χ1n) is 7.17. The summed E-state index contributed by atoms with van der Waals surface area (Å²) in [6.45, 7) is 0.0890. The van der Waals surface area contributed by atoms with Gasteiger partial charge in [0, 0.05) is 24.8 Å². The number of amides is 1. The Labute approximate surface area is 143 Å². The number of nitrogens with zero attached hydrogens (tertiary/aromatic N) is 3. The number of carboxylic acid groups (broad SMARTS) is 1. The Morgan fingerprint density at radius 1 is 1.38 bits per heavy atom. The zero-order valence-corrected chi connectivity index (χ0v) is 13.9. The van der Waals surface area contributed by atoms with Gasteiger partial charge in [0.05, 0.1) is 5.69 Å². The molecule has 128 valence electrons. The fourth-order valence-electron chi connectivity index (χ4n) is 1.82. The molecule has 1 atom stereocenters. The van der Waals surface area contributed by atoms with Crippen molar-refractivity contribution in [1.29, 1.82) is 0 Å². The average molecular weight is 350 g/mol. The Morgan fingerprint density at radius 3 is 2.75 bits per heavy atom. The van der Waals surface area contributed by atoms with E-state index in [-0.39, 0.29) is 12.4 Å². The quantitative estimate of drug-likeness (QED) is 0.741. The molecule has 2 aromatic rings. The zero-order valence-electron chi connectivity index (χ0n) is 13.1. The summed E-state index contributed by atoms with van der Waals surface area (Å²) in [7, 11) is 1.76. The fraction of sp³-hybridized carbons (Fsp3) is 0.333. The fourth-order valence-corrected chi connectivity index (χ4v) is 2.75. The maximum absolute atomic E-state index is 11.7. The number of hydrogen-bond acceptors (Lipinski definition) is 6. The van der Waals surface area contributed by atoms with Crippen LogP contribution in [0.15, 0.2) is 36.5 Å². The van der Waals surface area contributed by atoms with Gasteiger partial charge in [-0.3, -0.25) is 4.68 Å². The predicted octanol–water partition coefficient (Wildman–Crippen LogP) is 1.43. The van der Waals surface area contributed by atoms with Gasteiger partial charge in [-0.15, -0.1) is 5.10 Å². The van der Waals surface area contributed by atoms with Crippen LogP contribution in [0, 0.1) is 0 Å². The number of benzene rings is 1. The second-order valence-electron chi connectivity index (χ2n) is 5.00. The molecule has 0 radical (unpaired) electrons. The van der Waals surface area contributed by atoms with Crippen LogP contribution in [0.1, 0.15) is 11.3 Å². The smallest absolute Gasteiger partial charge is 0.408 e. The third-order valence-electron chi connectivity index (χ3n) is 2.99. The Balaban J connectivity index is 1.75. The maximum Gasteiger partial charge on any atom is 0.408 e. The number of aryl methyl sites for hydroxylation is 1. The summed E-state index contributed by atoms with van der Waals surface area (Å²) in [5.74, 6) is -0.400. The van der Waals surface area contributed by atoms with E-state index in [0.717, 1.165) is 11.3 Å². The molecule has 24 heavy (non-hydrogen) atoms. The van der Waals surface area contributed by atoms with Crippen molar-refractivity contribution < 1.29 is 19.4 Å². The van der Waals surface area contributed by atoms with Crippen molar-refractivity contribution in [2.45, 2.75) is 18.4 Å². The van der Waals surface area contributed by atoms with E-state index in [4.69, 9.17) is 4.74 Å². The number of carbonyl (C=O) groups is 2. The van der Waals surface area contributed by atoms with Gasteiger partial charge in [-0.05, 0) is 5.56 Å². The van der Waals surface area contributed by atoms with E-state index >= 15 is 0 Å². The van der Waals surface area contributed by atoms with Gasteiger partial charge in [-0.1, -0.05) is 35.5 Å². The molecule has 0 aliphatic rings. The van der Waals surface area contributed by atoms with Gasteiger partial charge >= 0.3 is 12.1 Å². The van der Waals surface area contributed by atoms with Crippen molar-refractivity contribution in [3.63, 3.8) is 0 Å². The molecular weight excluding hydrogens is 332 g/mol. The minimum Gasteiger partial charge on any atom is -0.480 e. The van der Waals surface area contributed by atoms with Crippen LogP contribution in [0.5, 0.6) is 0 Å². The lowest BCUT2D eigenvalue weighted by Crippen LogP contribution is -2.42. The number of rotatable bonds is 8. The number of hydrogen-bond donors (Lipinski definition) is 2. The highest BCUT2D eigenvalue weighted by Crippen LogP contribution is 2.11. The number of alkyl carbamates (subject to hydrolysis) is 1. The van der Waals surface area contributed by atoms with Crippen LogP contribution in [-0.2, 0) is 28.9 Å². The van der Waals surface area contributed by atoms with E-state index in [2.05, 4.69) is 15.6 Å². The van der Waals surface area contributed by atoms with Crippen LogP contribution < -0.4 is 5.32 Å². The molecule has 0 aliphatic heterocycles. The molecule has 0 spiro atoms. The SMILES string of the molecule is Cn1cc(CSCC(NC(=O)OCc2ccccc2)C(=O)O)nn1. The number of thioether (sulfide) groups is 1. The molecule has 8 nitrogen and oxygen atoms in total. The van der Waals surface area contributed by atoms with Crippen LogP contribution in [0.4, 0.5) is 4.79 Å². The van der Waals surface area contributed by atoms with Gasteiger partial charge < -0.3 is 15.2 Å². The lowest BCUT2D eigenvalue weighted by atomic mass is 10.2. The molecule has 0 saturated carbocycles. The molecule has 0 aliphatic carbocycles. The third kappa shape index (κ3) is 5.92. The van der Waals surface area contributed by atoms with Gasteiger partial charge in [0.2, 0.25) is 0 Å². The predicted molar refractivity (Wildman–Crippen MR) is 88.4 cm³/mol. The average Bonchev–Trinajstić information content (AvgIpc) is 2.98. The molecule has 1 unspecified atom stereocenters. The third-order valence-corrected chi connectivity index (χ3v) is 4.06. The topological polar surface area (TPSA) is 106 Å². The summed E-state index contributed by atoms with van der Waals surface area (Å²) >= 11 is 1.35. The first-order chi connectivity index (χ1) is 11.5.